The molecule has 3 aromatic rings. The van der Waals surface area contributed by atoms with Gasteiger partial charge in [-0.2, -0.15) is 5.10 Å². The second-order valence-electron chi connectivity index (χ2n) is 6.58. The van der Waals surface area contributed by atoms with Gasteiger partial charge in [0.1, 0.15) is 0 Å². The molecule has 1 heterocycles. The Morgan fingerprint density at radius 1 is 0.929 bits per heavy atom. The maximum atomic E-state index is 12.4. The predicted molar refractivity (Wildman–Crippen MR) is 109 cm³/mol. The molecule has 1 aromatic heterocycles. The maximum absolute atomic E-state index is 12.4. The number of hydrogen-bond acceptors (Lipinski definition) is 3. The van der Waals surface area contributed by atoms with Gasteiger partial charge in [0.05, 0.1) is 6.04 Å². The number of amides is 3. The van der Waals surface area contributed by atoms with Gasteiger partial charge in [-0.15, -0.1) is 0 Å². The number of hydrogen-bond donors (Lipinski definition) is 4. The number of anilines is 2. The van der Waals surface area contributed by atoms with E-state index in [1.54, 1.807) is 12.1 Å². The first-order chi connectivity index (χ1) is 13.4. The van der Waals surface area contributed by atoms with Crippen LogP contribution in [0, 0.1) is 13.8 Å². The van der Waals surface area contributed by atoms with E-state index >= 15 is 0 Å². The molecule has 0 aliphatic rings. The number of carbonyl (C=O) groups is 2. The molecule has 1 unspecified atom stereocenters. The van der Waals surface area contributed by atoms with E-state index in [9.17, 15) is 9.59 Å². The minimum atomic E-state index is -0.315. The number of aromatic amines is 1. The van der Waals surface area contributed by atoms with Crippen LogP contribution in [0.25, 0.3) is 0 Å². The van der Waals surface area contributed by atoms with Crippen LogP contribution in [0.1, 0.15) is 40.3 Å². The molecule has 7 nitrogen and oxygen atoms in total. The lowest BCUT2D eigenvalue weighted by Crippen LogP contribution is -2.27. The van der Waals surface area contributed by atoms with Crippen molar-refractivity contribution in [2.45, 2.75) is 26.8 Å². The molecule has 0 saturated carbocycles. The first-order valence-corrected chi connectivity index (χ1v) is 8.99. The summed E-state index contributed by atoms with van der Waals surface area (Å²) in [5.74, 6) is -0.223. The highest BCUT2D eigenvalue weighted by atomic mass is 16.2. The summed E-state index contributed by atoms with van der Waals surface area (Å²) in [5.41, 5.74) is 4.43. The topological polar surface area (TPSA) is 98.9 Å². The number of benzene rings is 2. The summed E-state index contributed by atoms with van der Waals surface area (Å²) in [4.78, 5) is 24.4. The van der Waals surface area contributed by atoms with Gasteiger partial charge < -0.3 is 16.0 Å². The van der Waals surface area contributed by atoms with Gasteiger partial charge >= 0.3 is 6.03 Å². The monoisotopic (exact) mass is 377 g/mol. The van der Waals surface area contributed by atoms with Crippen LogP contribution in [-0.4, -0.2) is 22.1 Å². The third-order valence-corrected chi connectivity index (χ3v) is 4.52. The first-order valence-electron chi connectivity index (χ1n) is 8.99. The lowest BCUT2D eigenvalue weighted by Gasteiger charge is -2.15. The number of nitrogens with zero attached hydrogens (tertiary/aromatic N) is 1. The van der Waals surface area contributed by atoms with Crippen molar-refractivity contribution in [2.24, 2.45) is 0 Å². The molecule has 0 aliphatic carbocycles. The van der Waals surface area contributed by atoms with Crippen LogP contribution < -0.4 is 16.0 Å². The fourth-order valence-electron chi connectivity index (χ4n) is 2.72. The van der Waals surface area contributed by atoms with E-state index in [1.807, 2.05) is 63.2 Å². The number of aromatic nitrogens is 2. The lowest BCUT2D eigenvalue weighted by molar-refractivity contribution is 0.0934. The molecular formula is C21H23N5O2. The van der Waals surface area contributed by atoms with Gasteiger partial charge in [-0.25, -0.2) is 4.79 Å². The second-order valence-corrected chi connectivity index (χ2v) is 6.58. The molecular weight excluding hydrogens is 354 g/mol. The minimum Gasteiger partial charge on any atom is -0.344 e. The van der Waals surface area contributed by atoms with Crippen LogP contribution in [0.4, 0.5) is 16.2 Å². The summed E-state index contributed by atoms with van der Waals surface area (Å²) in [5, 5.41) is 15.4. The molecule has 4 N–H and O–H groups in total. The number of para-hydroxylation sites is 1. The number of rotatable bonds is 5. The molecule has 1 atom stereocenters. The SMILES string of the molecule is Cc1[nH]nc(C(=O)NC(C)c2ccc(NC(=O)Nc3ccccc3)cc2)c1C. The summed E-state index contributed by atoms with van der Waals surface area (Å²) in [6.45, 7) is 5.64. The van der Waals surface area contributed by atoms with Gasteiger partial charge in [0.2, 0.25) is 0 Å². The van der Waals surface area contributed by atoms with Crippen LogP contribution in [0.3, 0.4) is 0 Å². The van der Waals surface area contributed by atoms with Crippen LogP contribution in [0.5, 0.6) is 0 Å². The van der Waals surface area contributed by atoms with Gasteiger partial charge in [0.25, 0.3) is 5.91 Å². The molecule has 0 saturated heterocycles. The Hall–Kier alpha value is -3.61. The molecule has 3 rings (SSSR count). The van der Waals surface area contributed by atoms with E-state index in [1.165, 1.54) is 0 Å². The Morgan fingerprint density at radius 2 is 1.54 bits per heavy atom. The predicted octanol–water partition coefficient (Wildman–Crippen LogP) is 4.16. The summed E-state index contributed by atoms with van der Waals surface area (Å²) in [7, 11) is 0. The van der Waals surface area contributed by atoms with E-state index in [-0.39, 0.29) is 18.0 Å². The Balaban J connectivity index is 1.58. The average molecular weight is 377 g/mol. The van der Waals surface area contributed by atoms with Gasteiger partial charge in [0, 0.05) is 22.6 Å². The third kappa shape index (κ3) is 4.56. The molecule has 2 aromatic carbocycles. The minimum absolute atomic E-state index is 0.198. The van der Waals surface area contributed by atoms with E-state index < -0.39 is 0 Å². The number of carbonyl (C=O) groups excluding carboxylic acids is 2. The van der Waals surface area contributed by atoms with Crippen molar-refractivity contribution >= 4 is 23.3 Å². The molecule has 0 bridgehead atoms. The Bertz CT molecular complexity index is 964. The van der Waals surface area contributed by atoms with E-state index in [0.717, 1.165) is 22.5 Å². The van der Waals surface area contributed by atoms with Crippen molar-refractivity contribution < 1.29 is 9.59 Å². The van der Waals surface area contributed by atoms with Crippen LogP contribution in [0.15, 0.2) is 54.6 Å². The van der Waals surface area contributed by atoms with E-state index in [0.29, 0.717) is 11.4 Å². The Morgan fingerprint density at radius 3 is 2.11 bits per heavy atom. The van der Waals surface area contributed by atoms with Gasteiger partial charge in [0.15, 0.2) is 5.69 Å². The maximum Gasteiger partial charge on any atom is 0.323 e. The molecule has 3 amide bonds. The van der Waals surface area contributed by atoms with Gasteiger partial charge in [-0.05, 0) is 50.6 Å². The summed E-state index contributed by atoms with van der Waals surface area (Å²) < 4.78 is 0. The van der Waals surface area contributed by atoms with Gasteiger partial charge in [-0.1, -0.05) is 30.3 Å². The average Bonchev–Trinajstić information content (AvgIpc) is 3.02. The Labute approximate surface area is 163 Å². The third-order valence-electron chi connectivity index (χ3n) is 4.52. The quantitative estimate of drug-likeness (QED) is 0.537. The largest absolute Gasteiger partial charge is 0.344 e. The molecule has 7 heteroatoms. The molecule has 0 spiro atoms. The van der Waals surface area contributed by atoms with Crippen molar-refractivity contribution in [1.82, 2.24) is 15.5 Å². The standard InChI is InChI=1S/C21H23N5O2/c1-13-14(2)25-26-19(13)20(27)22-15(3)16-9-11-18(12-10-16)24-21(28)23-17-7-5-4-6-8-17/h4-12,15H,1-3H3,(H,22,27)(H,25,26)(H2,23,24,28). The molecule has 0 fully saturated rings. The Kier molecular flexibility index (Phi) is 5.74. The zero-order chi connectivity index (χ0) is 20.1. The number of aryl methyl sites for hydroxylation is 1. The normalized spacial score (nSPS) is 11.5. The number of H-pyrrole nitrogens is 1. The van der Waals surface area contributed by atoms with Crippen LogP contribution in [-0.2, 0) is 0 Å². The highest BCUT2D eigenvalue weighted by molar-refractivity contribution is 5.99. The van der Waals surface area contributed by atoms with Crippen LogP contribution in [0.2, 0.25) is 0 Å². The molecule has 144 valence electrons. The van der Waals surface area contributed by atoms with Crippen molar-refractivity contribution in [3.8, 4) is 0 Å². The summed E-state index contributed by atoms with van der Waals surface area (Å²) in [6, 6.07) is 16.0. The van der Waals surface area contributed by atoms with Crippen molar-refractivity contribution in [2.75, 3.05) is 10.6 Å². The zero-order valence-electron chi connectivity index (χ0n) is 16.0. The molecule has 0 aliphatic heterocycles. The van der Waals surface area contributed by atoms with Crippen molar-refractivity contribution in [3.05, 3.63) is 77.1 Å². The van der Waals surface area contributed by atoms with Crippen molar-refractivity contribution in [1.29, 1.82) is 0 Å². The second kappa shape index (κ2) is 8.39. The van der Waals surface area contributed by atoms with Crippen molar-refractivity contribution in [3.63, 3.8) is 0 Å². The number of nitrogens with one attached hydrogen (secondary N) is 4. The van der Waals surface area contributed by atoms with Crippen LogP contribution >= 0.6 is 0 Å². The zero-order valence-corrected chi connectivity index (χ0v) is 16.0. The fraction of sp³-hybridized carbons (Fsp3) is 0.190. The highest BCUT2D eigenvalue weighted by Crippen LogP contribution is 2.18. The molecule has 28 heavy (non-hydrogen) atoms. The highest BCUT2D eigenvalue weighted by Gasteiger charge is 2.17. The van der Waals surface area contributed by atoms with E-state index in [2.05, 4.69) is 26.1 Å². The van der Waals surface area contributed by atoms with E-state index in [4.69, 9.17) is 0 Å². The lowest BCUT2D eigenvalue weighted by atomic mass is 10.1. The smallest absolute Gasteiger partial charge is 0.323 e. The molecule has 0 radical (unpaired) electrons. The first kappa shape index (κ1) is 19.2. The fourth-order valence-corrected chi connectivity index (χ4v) is 2.72. The number of urea groups is 1. The summed E-state index contributed by atoms with van der Waals surface area (Å²) >= 11 is 0. The summed E-state index contributed by atoms with van der Waals surface area (Å²) in [6.07, 6.45) is 0. The van der Waals surface area contributed by atoms with Gasteiger partial charge in [-0.3, -0.25) is 9.89 Å².